The van der Waals surface area contributed by atoms with Crippen LogP contribution in [0.25, 0.3) is 0 Å². The molecule has 0 radical (unpaired) electrons. The minimum Gasteiger partial charge on any atom is -0.393 e. The second-order valence-electron chi connectivity index (χ2n) is 2.74. The van der Waals surface area contributed by atoms with Gasteiger partial charge in [-0.15, -0.1) is 0 Å². The van der Waals surface area contributed by atoms with Crippen molar-refractivity contribution in [3.8, 4) is 0 Å². The Bertz CT molecular complexity index is 335. The van der Waals surface area contributed by atoms with Gasteiger partial charge in [-0.3, -0.25) is 9.48 Å². The summed E-state index contributed by atoms with van der Waals surface area (Å²) in [5.41, 5.74) is 6.77. The Hall–Kier alpha value is -1.19. The third-order valence-electron chi connectivity index (χ3n) is 2.13. The van der Waals surface area contributed by atoms with Crippen LogP contribution in [-0.2, 0) is 13.1 Å². The minimum atomic E-state index is -0.0724. The van der Waals surface area contributed by atoms with Crippen LogP contribution in [0, 0.1) is 6.92 Å². The van der Waals surface area contributed by atoms with Gasteiger partial charge >= 0.3 is 0 Å². The molecule has 0 aliphatic rings. The molecule has 1 aromatic heterocycles. The van der Waals surface area contributed by atoms with E-state index >= 15 is 0 Å². The van der Waals surface area contributed by atoms with Crippen molar-refractivity contribution in [3.05, 3.63) is 16.0 Å². The van der Waals surface area contributed by atoms with E-state index in [9.17, 15) is 4.79 Å². The number of anilines is 1. The maximum atomic E-state index is 11.4. The summed E-state index contributed by atoms with van der Waals surface area (Å²) in [7, 11) is 0. The normalized spacial score (nSPS) is 10.6. The number of nitrogens with zero attached hydrogens (tertiary/aromatic N) is 2. The third-order valence-corrected chi connectivity index (χ3v) is 2.13. The highest BCUT2D eigenvalue weighted by Crippen LogP contribution is 2.05. The van der Waals surface area contributed by atoms with Gasteiger partial charge in [-0.2, -0.15) is 0 Å². The fourth-order valence-corrected chi connectivity index (χ4v) is 1.45. The van der Waals surface area contributed by atoms with Gasteiger partial charge in [0.15, 0.2) is 0 Å². The van der Waals surface area contributed by atoms with E-state index in [1.807, 2.05) is 25.5 Å². The van der Waals surface area contributed by atoms with E-state index in [0.29, 0.717) is 12.2 Å². The highest BCUT2D eigenvalue weighted by atomic mass is 16.1. The van der Waals surface area contributed by atoms with E-state index in [0.717, 1.165) is 12.2 Å². The monoisotopic (exact) mass is 169 g/mol. The Kier molecular flexibility index (Phi) is 2.26. The van der Waals surface area contributed by atoms with Gasteiger partial charge in [-0.1, -0.05) is 0 Å². The SMILES string of the molecule is CCn1c(C)c(N)c(=O)n1CC. The van der Waals surface area contributed by atoms with Crippen LogP contribution in [0.4, 0.5) is 5.69 Å². The number of nitrogens with two attached hydrogens (primary N) is 1. The summed E-state index contributed by atoms with van der Waals surface area (Å²) in [4.78, 5) is 11.4. The molecule has 0 aliphatic heterocycles. The molecule has 2 N–H and O–H groups in total. The molecular weight excluding hydrogens is 154 g/mol. The van der Waals surface area contributed by atoms with Crippen LogP contribution in [0.2, 0.25) is 0 Å². The Morgan fingerprint density at radius 3 is 2.08 bits per heavy atom. The first-order valence-electron chi connectivity index (χ1n) is 4.19. The van der Waals surface area contributed by atoms with Crippen molar-refractivity contribution in [2.45, 2.75) is 33.9 Å². The lowest BCUT2D eigenvalue weighted by Crippen LogP contribution is -2.22. The Morgan fingerprint density at radius 2 is 1.75 bits per heavy atom. The van der Waals surface area contributed by atoms with Crippen molar-refractivity contribution >= 4 is 5.69 Å². The molecule has 0 saturated heterocycles. The molecule has 4 nitrogen and oxygen atoms in total. The van der Waals surface area contributed by atoms with Crippen LogP contribution in [0.1, 0.15) is 19.5 Å². The van der Waals surface area contributed by atoms with Crippen molar-refractivity contribution in [1.82, 2.24) is 9.36 Å². The number of aromatic nitrogens is 2. The molecule has 12 heavy (non-hydrogen) atoms. The van der Waals surface area contributed by atoms with Crippen LogP contribution < -0.4 is 11.3 Å². The molecule has 1 heterocycles. The van der Waals surface area contributed by atoms with E-state index in [2.05, 4.69) is 0 Å². The topological polar surface area (TPSA) is 52.9 Å². The summed E-state index contributed by atoms with van der Waals surface area (Å²) in [5.74, 6) is 0. The van der Waals surface area contributed by atoms with Gasteiger partial charge < -0.3 is 5.73 Å². The van der Waals surface area contributed by atoms with E-state index in [4.69, 9.17) is 5.73 Å². The third kappa shape index (κ3) is 1.03. The summed E-state index contributed by atoms with van der Waals surface area (Å²) >= 11 is 0. The Morgan fingerprint density at radius 1 is 1.25 bits per heavy atom. The number of rotatable bonds is 2. The Labute approximate surface area is 71.6 Å². The van der Waals surface area contributed by atoms with Crippen molar-refractivity contribution in [3.63, 3.8) is 0 Å². The highest BCUT2D eigenvalue weighted by Gasteiger charge is 2.10. The van der Waals surface area contributed by atoms with Gasteiger partial charge in [0.05, 0.1) is 5.69 Å². The van der Waals surface area contributed by atoms with E-state index < -0.39 is 0 Å². The van der Waals surface area contributed by atoms with Gasteiger partial charge in [-0.25, -0.2) is 4.68 Å². The molecule has 68 valence electrons. The molecule has 0 atom stereocenters. The van der Waals surface area contributed by atoms with Gasteiger partial charge in [0.2, 0.25) is 0 Å². The second-order valence-corrected chi connectivity index (χ2v) is 2.74. The van der Waals surface area contributed by atoms with Crippen molar-refractivity contribution in [2.24, 2.45) is 0 Å². The lowest BCUT2D eigenvalue weighted by atomic mass is 10.4. The fraction of sp³-hybridized carbons (Fsp3) is 0.625. The minimum absolute atomic E-state index is 0.0724. The largest absolute Gasteiger partial charge is 0.393 e. The lowest BCUT2D eigenvalue weighted by molar-refractivity contribution is 0.468. The first-order chi connectivity index (χ1) is 5.63. The summed E-state index contributed by atoms with van der Waals surface area (Å²) in [5, 5.41) is 0. The average Bonchev–Trinajstić information content (AvgIpc) is 2.29. The van der Waals surface area contributed by atoms with Crippen molar-refractivity contribution in [1.29, 1.82) is 0 Å². The second kappa shape index (κ2) is 3.05. The standard InChI is InChI=1S/C8H15N3O/c1-4-10-6(3)7(9)8(12)11(10)5-2/h4-5,9H2,1-3H3. The first kappa shape index (κ1) is 8.90. The molecular formula is C8H15N3O. The molecule has 1 rings (SSSR count). The van der Waals surface area contributed by atoms with Crippen LogP contribution in [0.3, 0.4) is 0 Å². The first-order valence-corrected chi connectivity index (χ1v) is 4.19. The van der Waals surface area contributed by atoms with Crippen LogP contribution in [-0.4, -0.2) is 9.36 Å². The summed E-state index contributed by atoms with van der Waals surface area (Å²) < 4.78 is 3.56. The molecule has 0 saturated carbocycles. The van der Waals surface area contributed by atoms with Crippen LogP contribution in [0.5, 0.6) is 0 Å². The maximum Gasteiger partial charge on any atom is 0.290 e. The molecule has 0 amide bonds. The molecule has 4 heteroatoms. The number of nitrogen functional groups attached to an aromatic ring is 1. The van der Waals surface area contributed by atoms with Crippen molar-refractivity contribution in [2.75, 3.05) is 5.73 Å². The summed E-state index contributed by atoms with van der Waals surface area (Å²) in [6.07, 6.45) is 0. The van der Waals surface area contributed by atoms with Crippen LogP contribution >= 0.6 is 0 Å². The summed E-state index contributed by atoms with van der Waals surface area (Å²) in [6.45, 7) is 7.26. The predicted octanol–water partition coefficient (Wildman–Crippen LogP) is 0.580. The zero-order valence-electron chi connectivity index (χ0n) is 7.79. The molecule has 0 aromatic carbocycles. The molecule has 0 spiro atoms. The van der Waals surface area contributed by atoms with Gasteiger partial charge in [0, 0.05) is 13.1 Å². The molecule has 0 aliphatic carbocycles. The van der Waals surface area contributed by atoms with Gasteiger partial charge in [0.25, 0.3) is 5.56 Å². The van der Waals surface area contributed by atoms with Gasteiger partial charge in [-0.05, 0) is 20.8 Å². The Balaban J connectivity index is 3.44. The van der Waals surface area contributed by atoms with E-state index in [-0.39, 0.29) is 5.56 Å². The summed E-state index contributed by atoms with van der Waals surface area (Å²) in [6, 6.07) is 0. The van der Waals surface area contributed by atoms with Crippen LogP contribution in [0.15, 0.2) is 4.79 Å². The van der Waals surface area contributed by atoms with Gasteiger partial charge in [0.1, 0.15) is 5.69 Å². The molecule has 0 bridgehead atoms. The number of hydrogen-bond donors (Lipinski definition) is 1. The molecule has 0 unspecified atom stereocenters. The maximum absolute atomic E-state index is 11.4. The zero-order valence-corrected chi connectivity index (χ0v) is 7.79. The average molecular weight is 169 g/mol. The smallest absolute Gasteiger partial charge is 0.290 e. The predicted molar refractivity (Wildman–Crippen MR) is 49.2 cm³/mol. The number of hydrogen-bond acceptors (Lipinski definition) is 2. The fourth-order valence-electron chi connectivity index (χ4n) is 1.45. The quantitative estimate of drug-likeness (QED) is 0.704. The molecule has 0 fully saturated rings. The van der Waals surface area contributed by atoms with E-state index in [1.165, 1.54) is 0 Å². The lowest BCUT2D eigenvalue weighted by Gasteiger charge is -2.07. The molecule has 1 aromatic rings. The zero-order chi connectivity index (χ0) is 9.30. The van der Waals surface area contributed by atoms with Crippen molar-refractivity contribution < 1.29 is 0 Å². The van der Waals surface area contributed by atoms with E-state index in [1.54, 1.807) is 4.68 Å². The highest BCUT2D eigenvalue weighted by molar-refractivity contribution is 5.40.